The molecule has 0 bridgehead atoms. The number of hydrogen-bond acceptors (Lipinski definition) is 1. The van der Waals surface area contributed by atoms with E-state index in [9.17, 15) is 0 Å². The molecular formula is C6H11LiN2. The molecule has 0 aromatic carbocycles. The molecule has 0 radical (unpaired) electrons. The molecule has 0 N–H and O–H groups in total. The molecule has 1 rings (SSSR count). The van der Waals surface area contributed by atoms with Crippen molar-refractivity contribution in [3.63, 3.8) is 0 Å². The van der Waals surface area contributed by atoms with Gasteiger partial charge in [-0.3, -0.25) is 0 Å². The first-order valence-electron chi connectivity index (χ1n) is 2.89. The Kier molecular flexibility index (Phi) is 4.56. The van der Waals surface area contributed by atoms with Crippen LogP contribution in [0, 0.1) is 0 Å². The van der Waals surface area contributed by atoms with Crippen LogP contribution in [0.5, 0.6) is 0 Å². The first-order chi connectivity index (χ1) is 3.93. The number of aromatic nitrogens is 2. The Bertz CT molecular complexity index is 141. The van der Waals surface area contributed by atoms with E-state index in [0.717, 1.165) is 6.54 Å². The van der Waals surface area contributed by atoms with Crippen LogP contribution in [0.15, 0.2) is 18.7 Å². The van der Waals surface area contributed by atoms with E-state index in [1.165, 1.54) is 6.42 Å². The minimum Gasteiger partial charge on any atom is -1.00 e. The van der Waals surface area contributed by atoms with Crippen LogP contribution in [0.1, 0.15) is 14.8 Å². The topological polar surface area (TPSA) is 17.8 Å². The predicted molar refractivity (Wildman–Crippen MR) is 33.6 cm³/mol. The SMILES string of the molecule is CCCn1ccnc1.[H-].[Li+]. The van der Waals surface area contributed by atoms with Gasteiger partial charge in [0.25, 0.3) is 0 Å². The van der Waals surface area contributed by atoms with Gasteiger partial charge in [-0.05, 0) is 6.42 Å². The second-order valence-electron chi connectivity index (χ2n) is 1.80. The molecule has 1 aromatic rings. The average molecular weight is 118 g/mol. The fraction of sp³-hybridized carbons (Fsp3) is 0.500. The van der Waals surface area contributed by atoms with Crippen molar-refractivity contribution in [2.45, 2.75) is 19.9 Å². The van der Waals surface area contributed by atoms with Gasteiger partial charge in [0.1, 0.15) is 0 Å². The zero-order valence-corrected chi connectivity index (χ0v) is 6.04. The van der Waals surface area contributed by atoms with Crippen molar-refractivity contribution in [2.24, 2.45) is 0 Å². The maximum Gasteiger partial charge on any atom is 1.00 e. The maximum atomic E-state index is 3.90. The molecule has 1 heterocycles. The Labute approximate surface area is 68.9 Å². The van der Waals surface area contributed by atoms with Gasteiger partial charge in [-0.1, -0.05) is 6.92 Å². The van der Waals surface area contributed by atoms with E-state index in [4.69, 9.17) is 0 Å². The molecule has 0 spiro atoms. The molecular weight excluding hydrogens is 107 g/mol. The summed E-state index contributed by atoms with van der Waals surface area (Å²) in [6, 6.07) is 0. The van der Waals surface area contributed by atoms with Gasteiger partial charge >= 0.3 is 18.9 Å². The van der Waals surface area contributed by atoms with Crippen LogP contribution >= 0.6 is 0 Å². The van der Waals surface area contributed by atoms with Gasteiger partial charge in [0, 0.05) is 18.9 Å². The van der Waals surface area contributed by atoms with E-state index in [0.29, 0.717) is 0 Å². The summed E-state index contributed by atoms with van der Waals surface area (Å²) in [7, 11) is 0. The third kappa shape index (κ3) is 2.74. The number of rotatable bonds is 2. The van der Waals surface area contributed by atoms with Crippen molar-refractivity contribution in [1.82, 2.24) is 9.55 Å². The van der Waals surface area contributed by atoms with E-state index in [1.807, 2.05) is 12.5 Å². The number of nitrogens with zero attached hydrogens (tertiary/aromatic N) is 2. The van der Waals surface area contributed by atoms with Crippen molar-refractivity contribution in [2.75, 3.05) is 0 Å². The number of hydrogen-bond donors (Lipinski definition) is 0. The van der Waals surface area contributed by atoms with Crippen molar-refractivity contribution < 1.29 is 20.3 Å². The van der Waals surface area contributed by atoms with Gasteiger partial charge in [0.15, 0.2) is 0 Å². The molecule has 0 fully saturated rings. The van der Waals surface area contributed by atoms with Crippen molar-refractivity contribution in [1.29, 1.82) is 0 Å². The molecule has 0 saturated heterocycles. The molecule has 0 aliphatic carbocycles. The molecule has 0 unspecified atom stereocenters. The van der Waals surface area contributed by atoms with Gasteiger partial charge in [0.2, 0.25) is 0 Å². The largest absolute Gasteiger partial charge is 1.00 e. The number of imidazole rings is 1. The van der Waals surface area contributed by atoms with E-state index in [2.05, 4.69) is 16.5 Å². The van der Waals surface area contributed by atoms with Crippen LogP contribution in [-0.4, -0.2) is 9.55 Å². The molecule has 2 nitrogen and oxygen atoms in total. The van der Waals surface area contributed by atoms with E-state index in [-0.39, 0.29) is 20.3 Å². The fourth-order valence-corrected chi connectivity index (χ4v) is 0.677. The first-order valence-corrected chi connectivity index (χ1v) is 2.89. The summed E-state index contributed by atoms with van der Waals surface area (Å²) in [5.41, 5.74) is 0. The van der Waals surface area contributed by atoms with Crippen LogP contribution in [0.3, 0.4) is 0 Å². The molecule has 46 valence electrons. The summed E-state index contributed by atoms with van der Waals surface area (Å²) in [6.07, 6.45) is 6.79. The number of aryl methyl sites for hydroxylation is 1. The third-order valence-corrected chi connectivity index (χ3v) is 1.04. The summed E-state index contributed by atoms with van der Waals surface area (Å²) >= 11 is 0. The Morgan fingerprint density at radius 3 is 2.89 bits per heavy atom. The fourth-order valence-electron chi connectivity index (χ4n) is 0.677. The van der Waals surface area contributed by atoms with Gasteiger partial charge in [0.05, 0.1) is 6.33 Å². The standard InChI is InChI=1S/C6H10N2.Li.H/c1-2-4-8-5-3-7-6-8;;/h3,5-6H,2,4H2,1H3;;/q;+1;-1. The molecule has 9 heavy (non-hydrogen) atoms. The first kappa shape index (κ1) is 8.81. The van der Waals surface area contributed by atoms with Crippen molar-refractivity contribution in [3.05, 3.63) is 18.7 Å². The smallest absolute Gasteiger partial charge is 1.00 e. The normalized spacial score (nSPS) is 8.56. The monoisotopic (exact) mass is 118 g/mol. The van der Waals surface area contributed by atoms with Crippen LogP contribution in [0.4, 0.5) is 0 Å². The molecule has 0 atom stereocenters. The minimum atomic E-state index is 0. The quantitative estimate of drug-likeness (QED) is 0.428. The summed E-state index contributed by atoms with van der Waals surface area (Å²) in [6.45, 7) is 3.24. The van der Waals surface area contributed by atoms with Crippen molar-refractivity contribution in [3.8, 4) is 0 Å². The molecule has 0 aliphatic heterocycles. The second kappa shape index (κ2) is 4.66. The minimum absolute atomic E-state index is 0. The van der Waals surface area contributed by atoms with Crippen LogP contribution in [0.25, 0.3) is 0 Å². The van der Waals surface area contributed by atoms with Crippen LogP contribution in [-0.2, 0) is 6.54 Å². The Hall–Kier alpha value is -0.193. The Balaban J connectivity index is 0. The Morgan fingerprint density at radius 2 is 2.44 bits per heavy atom. The zero-order valence-electron chi connectivity index (χ0n) is 7.04. The molecule has 1 aromatic heterocycles. The van der Waals surface area contributed by atoms with Gasteiger partial charge in [-0.15, -0.1) is 0 Å². The van der Waals surface area contributed by atoms with E-state index >= 15 is 0 Å². The Morgan fingerprint density at radius 1 is 1.67 bits per heavy atom. The summed E-state index contributed by atoms with van der Waals surface area (Å²) in [5.74, 6) is 0. The van der Waals surface area contributed by atoms with Gasteiger partial charge in [-0.2, -0.15) is 0 Å². The van der Waals surface area contributed by atoms with Crippen LogP contribution < -0.4 is 18.9 Å². The zero-order chi connectivity index (χ0) is 5.82. The van der Waals surface area contributed by atoms with Crippen molar-refractivity contribution >= 4 is 0 Å². The van der Waals surface area contributed by atoms with Crippen LogP contribution in [0.2, 0.25) is 0 Å². The summed E-state index contributed by atoms with van der Waals surface area (Å²) < 4.78 is 2.07. The second-order valence-corrected chi connectivity index (χ2v) is 1.80. The average Bonchev–Trinajstić information content (AvgIpc) is 2.19. The molecule has 3 heteroatoms. The van der Waals surface area contributed by atoms with Gasteiger partial charge < -0.3 is 5.99 Å². The van der Waals surface area contributed by atoms with E-state index in [1.54, 1.807) is 6.20 Å². The predicted octanol–water partition coefficient (Wildman–Crippen LogP) is -1.59. The maximum absolute atomic E-state index is 3.90. The third-order valence-electron chi connectivity index (χ3n) is 1.04. The molecule has 0 saturated carbocycles. The summed E-state index contributed by atoms with van der Waals surface area (Å²) in [4.78, 5) is 3.90. The molecule has 0 amide bonds. The van der Waals surface area contributed by atoms with Gasteiger partial charge in [-0.25, -0.2) is 4.98 Å². The van der Waals surface area contributed by atoms with E-state index < -0.39 is 0 Å². The molecule has 0 aliphatic rings. The summed E-state index contributed by atoms with van der Waals surface area (Å²) in [5, 5.41) is 0.